The third-order valence-electron chi connectivity index (χ3n) is 3.49. The predicted molar refractivity (Wildman–Crippen MR) is 71.7 cm³/mol. The Labute approximate surface area is 126 Å². The van der Waals surface area contributed by atoms with Gasteiger partial charge in [0, 0.05) is 0 Å². The number of aliphatic hydroxyl groups is 5. The van der Waals surface area contributed by atoms with Gasteiger partial charge in [0.25, 0.3) is 0 Å². The monoisotopic (exact) mass is 334 g/mol. The van der Waals surface area contributed by atoms with Crippen LogP contribution in [0.2, 0.25) is 0 Å². The molecule has 0 saturated carbocycles. The quantitative estimate of drug-likeness (QED) is 0.204. The predicted octanol–water partition coefficient (Wildman–Crippen LogP) is -4.20. The zero-order chi connectivity index (χ0) is 17.5. The fraction of sp³-hybridized carbons (Fsp3) is 0.600. The van der Waals surface area contributed by atoms with Crippen LogP contribution in [0.15, 0.2) is 9.59 Å². The molecule has 13 heteroatoms. The van der Waals surface area contributed by atoms with Gasteiger partial charge < -0.3 is 30.8 Å². The molecule has 0 bridgehead atoms. The number of aliphatic hydroxyl groups excluding tert-OH is 5. The minimum absolute atomic E-state index is 0.436. The zero-order valence-corrected chi connectivity index (χ0v) is 11.4. The molecule has 1 aromatic heterocycles. The van der Waals surface area contributed by atoms with Crippen molar-refractivity contribution in [2.45, 2.75) is 30.6 Å². The number of hydrogen-bond donors (Lipinski definition) is 7. The molecule has 2 heterocycles. The summed E-state index contributed by atoms with van der Waals surface area (Å²) in [4.78, 5) is 34.7. The normalized spacial score (nSPS) is 23.7. The highest BCUT2D eigenvalue weighted by Gasteiger charge is 2.44. The Balaban J connectivity index is 2.47. The topological polar surface area (TPSA) is 211 Å². The molecule has 0 unspecified atom stereocenters. The summed E-state index contributed by atoms with van der Waals surface area (Å²) in [6.45, 7) is -0.896. The number of nitrogens with one attached hydrogen (secondary N) is 2. The summed E-state index contributed by atoms with van der Waals surface area (Å²) >= 11 is 0. The van der Waals surface area contributed by atoms with Gasteiger partial charge in [-0.05, 0) is 0 Å². The molecule has 1 aliphatic rings. The van der Waals surface area contributed by atoms with Gasteiger partial charge in [-0.2, -0.15) is 0 Å². The Hall–Kier alpha value is -2.32. The largest absolute Gasteiger partial charge is 0.394 e. The second kappa shape index (κ2) is 6.05. The van der Waals surface area contributed by atoms with E-state index in [-0.39, 0.29) is 0 Å². The molecule has 23 heavy (non-hydrogen) atoms. The van der Waals surface area contributed by atoms with Gasteiger partial charge in [0.15, 0.2) is 12.0 Å². The lowest BCUT2D eigenvalue weighted by Crippen LogP contribution is -2.49. The summed E-state index contributed by atoms with van der Waals surface area (Å²) in [5, 5.41) is 60.8. The van der Waals surface area contributed by atoms with Crippen molar-refractivity contribution in [1.82, 2.24) is 9.55 Å². The first-order valence-corrected chi connectivity index (χ1v) is 6.33. The number of aromatic amines is 1. The fourth-order valence-electron chi connectivity index (χ4n) is 2.30. The van der Waals surface area contributed by atoms with Gasteiger partial charge in [0.2, 0.25) is 0 Å². The Bertz CT molecular complexity index is 728. The van der Waals surface area contributed by atoms with Crippen LogP contribution < -0.4 is 16.6 Å². The second-order valence-electron chi connectivity index (χ2n) is 4.90. The maximum absolute atomic E-state index is 11.7. The minimum atomic E-state index is -1.92. The molecule has 0 aromatic carbocycles. The van der Waals surface area contributed by atoms with Crippen molar-refractivity contribution >= 4 is 11.5 Å². The van der Waals surface area contributed by atoms with E-state index in [1.54, 1.807) is 4.98 Å². The summed E-state index contributed by atoms with van der Waals surface area (Å²) in [6.07, 6.45) is -7.47. The van der Waals surface area contributed by atoms with Crippen LogP contribution >= 0.6 is 0 Å². The van der Waals surface area contributed by atoms with Gasteiger partial charge in [-0.1, -0.05) is 0 Å². The number of aromatic nitrogens is 2. The lowest BCUT2D eigenvalue weighted by molar-refractivity contribution is -0.385. The molecular formula is C10H14N4O9. The van der Waals surface area contributed by atoms with Crippen LogP contribution in [0.1, 0.15) is 6.23 Å². The highest BCUT2D eigenvalue weighted by molar-refractivity contribution is 5.58. The van der Waals surface area contributed by atoms with E-state index < -0.39 is 64.9 Å². The summed E-state index contributed by atoms with van der Waals surface area (Å²) < 4.78 is 0.436. The van der Waals surface area contributed by atoms with E-state index in [0.717, 1.165) is 0 Å². The van der Waals surface area contributed by atoms with Crippen molar-refractivity contribution in [3.8, 4) is 0 Å². The summed E-state index contributed by atoms with van der Waals surface area (Å²) in [5.41, 5.74) is -3.53. The molecule has 5 atom stereocenters. The van der Waals surface area contributed by atoms with E-state index in [2.05, 4.69) is 5.32 Å². The smallest absolute Gasteiger partial charge is 0.374 e. The maximum Gasteiger partial charge on any atom is 0.374 e. The Morgan fingerprint density at radius 1 is 1.30 bits per heavy atom. The number of nitrogens with zero attached hydrogens (tertiary/aromatic N) is 2. The first-order valence-electron chi connectivity index (χ1n) is 6.33. The number of nitro groups is 1. The van der Waals surface area contributed by atoms with Crippen molar-refractivity contribution < 1.29 is 30.5 Å². The fourth-order valence-corrected chi connectivity index (χ4v) is 2.30. The number of rotatable bonds is 5. The van der Waals surface area contributed by atoms with Gasteiger partial charge in [0.05, 0.1) is 11.5 Å². The molecule has 0 aliphatic carbocycles. The molecular weight excluding hydrogens is 320 g/mol. The van der Waals surface area contributed by atoms with E-state index in [1.807, 2.05) is 0 Å². The van der Waals surface area contributed by atoms with Crippen LogP contribution in [0.25, 0.3) is 0 Å². The lowest BCUT2D eigenvalue weighted by Gasteiger charge is -2.27. The van der Waals surface area contributed by atoms with Crippen LogP contribution in [0.4, 0.5) is 11.5 Å². The Kier molecular flexibility index (Phi) is 4.49. The summed E-state index contributed by atoms with van der Waals surface area (Å²) in [6, 6.07) is -1.55. The first-order chi connectivity index (χ1) is 10.7. The molecule has 0 amide bonds. The van der Waals surface area contributed by atoms with E-state index in [0.29, 0.717) is 4.57 Å². The van der Waals surface area contributed by atoms with E-state index in [1.165, 1.54) is 0 Å². The number of fused-ring (bicyclic) bond motifs is 1. The van der Waals surface area contributed by atoms with Crippen LogP contribution in [-0.2, 0) is 0 Å². The van der Waals surface area contributed by atoms with Gasteiger partial charge in [-0.25, -0.2) is 9.36 Å². The first kappa shape index (κ1) is 17.0. The lowest BCUT2D eigenvalue weighted by atomic mass is 10.0. The highest BCUT2D eigenvalue weighted by atomic mass is 16.6. The third-order valence-corrected chi connectivity index (χ3v) is 3.49. The third kappa shape index (κ3) is 2.71. The minimum Gasteiger partial charge on any atom is -0.394 e. The zero-order valence-electron chi connectivity index (χ0n) is 11.4. The van der Waals surface area contributed by atoms with Gasteiger partial charge in [-0.3, -0.25) is 19.9 Å². The average Bonchev–Trinajstić information content (AvgIpc) is 2.82. The second-order valence-corrected chi connectivity index (χ2v) is 4.90. The van der Waals surface area contributed by atoms with Crippen LogP contribution in [0.5, 0.6) is 0 Å². The highest BCUT2D eigenvalue weighted by Crippen LogP contribution is 2.32. The van der Waals surface area contributed by atoms with Crippen molar-refractivity contribution in [3.63, 3.8) is 0 Å². The number of hydrogen-bond acceptors (Lipinski definition) is 10. The van der Waals surface area contributed by atoms with Crippen molar-refractivity contribution in [1.29, 1.82) is 0 Å². The molecule has 0 radical (unpaired) electrons. The van der Waals surface area contributed by atoms with Crippen molar-refractivity contribution in [3.05, 3.63) is 31.0 Å². The standard InChI is InChI=1S/C10H14N4O9/c15-1-2(16)5(17)6(18)3-9(20)13-7(11-3)4(14(22)23)8(19)12-10(13)21/h2-3,5-6,9,11,15-18,20H,1H2,(H,12,19,21)/t2-,3+,5+,6+,9-/m1/s1. The van der Waals surface area contributed by atoms with E-state index >= 15 is 0 Å². The SMILES string of the molecule is O=c1[nH]c(=O)n2c(c1[N+](=O)[O-])N[C@@H]([C@H](O)[C@@H](O)[C@H](O)CO)[C@H]2O. The average molecular weight is 334 g/mol. The van der Waals surface area contributed by atoms with Crippen molar-refractivity contribution in [2.24, 2.45) is 0 Å². The van der Waals surface area contributed by atoms with Crippen LogP contribution in [-0.4, -0.2) is 71.0 Å². The van der Waals surface area contributed by atoms with Gasteiger partial charge in [-0.15, -0.1) is 0 Å². The van der Waals surface area contributed by atoms with Crippen molar-refractivity contribution in [2.75, 3.05) is 11.9 Å². The summed E-state index contributed by atoms with van der Waals surface area (Å²) in [5.74, 6) is -0.647. The number of anilines is 1. The van der Waals surface area contributed by atoms with Gasteiger partial charge in [0.1, 0.15) is 24.4 Å². The Morgan fingerprint density at radius 2 is 1.91 bits per heavy atom. The molecule has 2 rings (SSSR count). The summed E-state index contributed by atoms with van der Waals surface area (Å²) in [7, 11) is 0. The van der Waals surface area contributed by atoms with Crippen LogP contribution in [0.3, 0.4) is 0 Å². The van der Waals surface area contributed by atoms with Gasteiger partial charge >= 0.3 is 16.9 Å². The Morgan fingerprint density at radius 3 is 2.43 bits per heavy atom. The molecule has 128 valence electrons. The molecule has 1 aliphatic heterocycles. The van der Waals surface area contributed by atoms with E-state index in [9.17, 15) is 40.1 Å². The molecule has 1 aromatic rings. The molecule has 7 N–H and O–H groups in total. The maximum atomic E-state index is 11.7. The number of H-pyrrole nitrogens is 1. The molecule has 0 spiro atoms. The molecule has 13 nitrogen and oxygen atoms in total. The molecule has 0 fully saturated rings. The molecule has 0 saturated heterocycles. The van der Waals surface area contributed by atoms with Crippen LogP contribution in [0, 0.1) is 10.1 Å². The van der Waals surface area contributed by atoms with E-state index in [4.69, 9.17) is 5.11 Å².